The Balaban J connectivity index is 2.28. The van der Waals surface area contributed by atoms with Gasteiger partial charge >= 0.3 is 0 Å². The normalized spacial score (nSPS) is 10.2. The molecule has 0 unspecified atom stereocenters. The van der Waals surface area contributed by atoms with Gasteiger partial charge in [-0.05, 0) is 34.1 Å². The molecule has 3 N–H and O–H groups in total. The van der Waals surface area contributed by atoms with Gasteiger partial charge in [-0.3, -0.25) is 4.79 Å². The van der Waals surface area contributed by atoms with E-state index in [1.165, 1.54) is 30.5 Å². The molecule has 0 radical (unpaired) electrons. The summed E-state index contributed by atoms with van der Waals surface area (Å²) >= 11 is 3.06. The lowest BCUT2D eigenvalue weighted by atomic mass is 10.2. The van der Waals surface area contributed by atoms with E-state index in [1.54, 1.807) is 0 Å². The summed E-state index contributed by atoms with van der Waals surface area (Å²) in [6.07, 6.45) is 1.35. The van der Waals surface area contributed by atoms with E-state index in [-0.39, 0.29) is 21.6 Å². The number of benzene rings is 1. The number of para-hydroxylation sites is 1. The summed E-state index contributed by atoms with van der Waals surface area (Å²) in [7, 11) is 0. The fourth-order valence-corrected chi connectivity index (χ4v) is 1.73. The van der Waals surface area contributed by atoms with Gasteiger partial charge in [0.1, 0.15) is 11.5 Å². The van der Waals surface area contributed by atoms with Crippen LogP contribution in [-0.4, -0.2) is 5.91 Å². The first-order chi connectivity index (χ1) is 8.09. The minimum absolute atomic E-state index is 0.0365. The van der Waals surface area contributed by atoms with Gasteiger partial charge in [0.15, 0.2) is 4.67 Å². The standard InChI is InChI=1S/C11H8BrFN2O2/c12-10-6(4-5-17-10)11(16)15-9-7(13)2-1-3-8(9)14/h1-5H,14H2,(H,15,16). The first-order valence-corrected chi connectivity index (χ1v) is 5.47. The van der Waals surface area contributed by atoms with E-state index in [4.69, 9.17) is 10.2 Å². The number of nitrogen functional groups attached to an aromatic ring is 1. The molecule has 1 heterocycles. The van der Waals surface area contributed by atoms with Crippen LogP contribution < -0.4 is 11.1 Å². The number of furan rings is 1. The molecule has 0 spiro atoms. The number of hydrogen-bond donors (Lipinski definition) is 2. The number of anilines is 2. The zero-order chi connectivity index (χ0) is 12.4. The zero-order valence-corrected chi connectivity index (χ0v) is 10.1. The van der Waals surface area contributed by atoms with Crippen LogP contribution in [0.5, 0.6) is 0 Å². The Morgan fingerprint density at radius 3 is 2.76 bits per heavy atom. The molecule has 0 aliphatic rings. The van der Waals surface area contributed by atoms with Crippen LogP contribution in [0.3, 0.4) is 0 Å². The van der Waals surface area contributed by atoms with Crippen molar-refractivity contribution in [3.63, 3.8) is 0 Å². The second-order valence-electron chi connectivity index (χ2n) is 3.27. The Kier molecular flexibility index (Phi) is 3.14. The number of carbonyl (C=O) groups excluding carboxylic acids is 1. The largest absolute Gasteiger partial charge is 0.457 e. The number of halogens is 2. The van der Waals surface area contributed by atoms with Gasteiger partial charge in [0.25, 0.3) is 5.91 Å². The van der Waals surface area contributed by atoms with Crippen molar-refractivity contribution in [2.45, 2.75) is 0 Å². The maximum absolute atomic E-state index is 13.4. The number of carbonyl (C=O) groups is 1. The molecular formula is C11H8BrFN2O2. The third-order valence-corrected chi connectivity index (χ3v) is 2.76. The Labute approximate surface area is 105 Å². The lowest BCUT2D eigenvalue weighted by Crippen LogP contribution is -2.14. The van der Waals surface area contributed by atoms with Crippen LogP contribution in [0.25, 0.3) is 0 Å². The van der Waals surface area contributed by atoms with E-state index < -0.39 is 11.7 Å². The van der Waals surface area contributed by atoms with E-state index in [1.807, 2.05) is 0 Å². The molecule has 17 heavy (non-hydrogen) atoms. The summed E-state index contributed by atoms with van der Waals surface area (Å²) in [4.78, 5) is 11.8. The summed E-state index contributed by atoms with van der Waals surface area (Å²) < 4.78 is 18.6. The first kappa shape index (κ1) is 11.7. The number of rotatable bonds is 2. The molecule has 0 fully saturated rings. The summed E-state index contributed by atoms with van der Waals surface area (Å²) in [5, 5.41) is 2.39. The zero-order valence-electron chi connectivity index (χ0n) is 8.54. The quantitative estimate of drug-likeness (QED) is 0.838. The smallest absolute Gasteiger partial charge is 0.260 e. The molecule has 2 aromatic rings. The number of amides is 1. The van der Waals surface area contributed by atoms with Crippen molar-refractivity contribution < 1.29 is 13.6 Å². The molecule has 0 aliphatic carbocycles. The minimum Gasteiger partial charge on any atom is -0.457 e. The second-order valence-corrected chi connectivity index (χ2v) is 3.99. The van der Waals surface area contributed by atoms with Crippen molar-refractivity contribution >= 4 is 33.2 Å². The van der Waals surface area contributed by atoms with Gasteiger partial charge in [-0.1, -0.05) is 6.07 Å². The van der Waals surface area contributed by atoms with Crippen molar-refractivity contribution in [3.05, 3.63) is 46.6 Å². The summed E-state index contributed by atoms with van der Waals surface area (Å²) in [6, 6.07) is 5.66. The van der Waals surface area contributed by atoms with Gasteiger partial charge in [-0.25, -0.2) is 4.39 Å². The highest BCUT2D eigenvalue weighted by Crippen LogP contribution is 2.24. The first-order valence-electron chi connectivity index (χ1n) is 4.68. The molecule has 0 bridgehead atoms. The molecule has 6 heteroatoms. The van der Waals surface area contributed by atoms with Gasteiger partial charge in [-0.15, -0.1) is 0 Å². The van der Waals surface area contributed by atoms with Gasteiger partial charge in [0.05, 0.1) is 17.5 Å². The van der Waals surface area contributed by atoms with Crippen molar-refractivity contribution in [1.29, 1.82) is 0 Å². The van der Waals surface area contributed by atoms with Gasteiger partial charge < -0.3 is 15.5 Å². The highest BCUT2D eigenvalue weighted by atomic mass is 79.9. The number of nitrogens with two attached hydrogens (primary N) is 1. The SMILES string of the molecule is Nc1cccc(F)c1NC(=O)c1ccoc1Br. The molecule has 0 saturated heterocycles. The maximum Gasteiger partial charge on any atom is 0.260 e. The highest BCUT2D eigenvalue weighted by molar-refractivity contribution is 9.10. The van der Waals surface area contributed by atoms with Crippen LogP contribution in [0.15, 0.2) is 39.6 Å². The molecule has 0 atom stereocenters. The molecule has 1 amide bonds. The number of nitrogens with one attached hydrogen (secondary N) is 1. The van der Waals surface area contributed by atoms with Crippen LogP contribution in [0.1, 0.15) is 10.4 Å². The van der Waals surface area contributed by atoms with E-state index in [0.717, 1.165) is 0 Å². The van der Waals surface area contributed by atoms with Gasteiger partial charge in [0.2, 0.25) is 0 Å². The lowest BCUT2D eigenvalue weighted by molar-refractivity contribution is 0.102. The third kappa shape index (κ3) is 2.31. The van der Waals surface area contributed by atoms with Crippen molar-refractivity contribution in [3.8, 4) is 0 Å². The monoisotopic (exact) mass is 298 g/mol. The summed E-state index contributed by atoms with van der Waals surface area (Å²) in [6.45, 7) is 0. The molecule has 1 aromatic carbocycles. The van der Waals surface area contributed by atoms with Crippen molar-refractivity contribution in [2.75, 3.05) is 11.1 Å². The average Bonchev–Trinajstić information content (AvgIpc) is 2.70. The molecule has 1 aromatic heterocycles. The van der Waals surface area contributed by atoms with Crippen LogP contribution in [0.2, 0.25) is 0 Å². The molecular weight excluding hydrogens is 291 g/mol. The number of hydrogen-bond acceptors (Lipinski definition) is 3. The van der Waals surface area contributed by atoms with Crippen LogP contribution >= 0.6 is 15.9 Å². The fraction of sp³-hybridized carbons (Fsp3) is 0. The van der Waals surface area contributed by atoms with Gasteiger partial charge in [-0.2, -0.15) is 0 Å². The van der Waals surface area contributed by atoms with E-state index in [9.17, 15) is 9.18 Å². The summed E-state index contributed by atoms with van der Waals surface area (Å²) in [5.41, 5.74) is 5.97. The molecule has 0 aliphatic heterocycles. The summed E-state index contributed by atoms with van der Waals surface area (Å²) in [5.74, 6) is -1.08. The third-order valence-electron chi connectivity index (χ3n) is 2.15. The molecule has 0 saturated carbocycles. The van der Waals surface area contributed by atoms with E-state index in [2.05, 4.69) is 21.2 Å². The van der Waals surface area contributed by atoms with E-state index >= 15 is 0 Å². The lowest BCUT2D eigenvalue weighted by Gasteiger charge is -2.08. The average molecular weight is 299 g/mol. The maximum atomic E-state index is 13.4. The Morgan fingerprint density at radius 2 is 2.18 bits per heavy atom. The highest BCUT2D eigenvalue weighted by Gasteiger charge is 2.15. The van der Waals surface area contributed by atoms with E-state index in [0.29, 0.717) is 0 Å². The fourth-order valence-electron chi connectivity index (χ4n) is 1.31. The Bertz CT molecular complexity index is 548. The topological polar surface area (TPSA) is 68.3 Å². The van der Waals surface area contributed by atoms with Gasteiger partial charge in [0, 0.05) is 0 Å². The predicted molar refractivity (Wildman–Crippen MR) is 65.2 cm³/mol. The van der Waals surface area contributed by atoms with Crippen molar-refractivity contribution in [1.82, 2.24) is 0 Å². The van der Waals surface area contributed by atoms with Crippen molar-refractivity contribution in [2.24, 2.45) is 0 Å². The molecule has 2 rings (SSSR count). The molecule has 88 valence electrons. The van der Waals surface area contributed by atoms with Crippen LogP contribution in [0, 0.1) is 5.82 Å². The second kappa shape index (κ2) is 4.58. The Hall–Kier alpha value is -1.82. The van der Waals surface area contributed by atoms with Crippen LogP contribution in [0.4, 0.5) is 15.8 Å². The minimum atomic E-state index is -0.585. The Morgan fingerprint density at radius 1 is 1.41 bits per heavy atom. The molecule has 4 nitrogen and oxygen atoms in total. The van der Waals surface area contributed by atoms with Crippen LogP contribution in [-0.2, 0) is 0 Å². The predicted octanol–water partition coefficient (Wildman–Crippen LogP) is 3.02.